The molecular formula is C22H46N2. The van der Waals surface area contributed by atoms with Crippen LogP contribution >= 0.6 is 0 Å². The van der Waals surface area contributed by atoms with E-state index in [1.807, 2.05) is 0 Å². The highest BCUT2D eigenvalue weighted by Crippen LogP contribution is 2.55. The summed E-state index contributed by atoms with van der Waals surface area (Å²) >= 11 is 0. The van der Waals surface area contributed by atoms with Crippen LogP contribution in [0.1, 0.15) is 74.1 Å². The van der Waals surface area contributed by atoms with Gasteiger partial charge in [-0.15, -0.1) is 0 Å². The van der Waals surface area contributed by atoms with Crippen LogP contribution in [0.3, 0.4) is 0 Å². The monoisotopic (exact) mass is 338 g/mol. The zero-order valence-electron chi connectivity index (χ0n) is 18.4. The summed E-state index contributed by atoms with van der Waals surface area (Å²) < 4.78 is 0. The van der Waals surface area contributed by atoms with Crippen LogP contribution < -0.4 is 0 Å². The summed E-state index contributed by atoms with van der Waals surface area (Å²) in [6, 6.07) is 1.36. The van der Waals surface area contributed by atoms with Crippen molar-refractivity contribution in [2.75, 3.05) is 27.7 Å². The van der Waals surface area contributed by atoms with Gasteiger partial charge in [0.15, 0.2) is 0 Å². The fourth-order valence-corrected chi connectivity index (χ4v) is 6.19. The average molecular weight is 339 g/mol. The molecule has 0 aromatic carbocycles. The second kappa shape index (κ2) is 9.03. The van der Waals surface area contributed by atoms with Crippen LogP contribution in [0.5, 0.6) is 0 Å². The van der Waals surface area contributed by atoms with Crippen molar-refractivity contribution in [3.63, 3.8) is 0 Å². The highest BCUT2D eigenvalue weighted by Gasteiger charge is 2.51. The molecule has 0 aliphatic carbocycles. The maximum absolute atomic E-state index is 2.61. The van der Waals surface area contributed by atoms with Gasteiger partial charge in [0.2, 0.25) is 0 Å². The molecule has 2 nitrogen and oxygen atoms in total. The number of likely N-dealkylation sites (tertiary alicyclic amines) is 1. The van der Waals surface area contributed by atoms with Crippen LogP contribution in [-0.4, -0.2) is 49.6 Å². The van der Waals surface area contributed by atoms with Crippen molar-refractivity contribution in [2.45, 2.75) is 86.2 Å². The zero-order valence-corrected chi connectivity index (χ0v) is 18.4. The van der Waals surface area contributed by atoms with Crippen LogP contribution in [0.4, 0.5) is 0 Å². The summed E-state index contributed by atoms with van der Waals surface area (Å²) in [7, 11) is 6.80. The van der Waals surface area contributed by atoms with Gasteiger partial charge in [-0.2, -0.15) is 0 Å². The molecule has 1 heterocycles. The Morgan fingerprint density at radius 2 is 1.62 bits per heavy atom. The van der Waals surface area contributed by atoms with Crippen molar-refractivity contribution in [3.8, 4) is 0 Å². The Kier molecular flexibility index (Phi) is 8.26. The summed E-state index contributed by atoms with van der Waals surface area (Å²) in [4.78, 5) is 5.01. The Balaban J connectivity index is 3.25. The van der Waals surface area contributed by atoms with Gasteiger partial charge in [0.1, 0.15) is 0 Å². The van der Waals surface area contributed by atoms with Gasteiger partial charge in [-0.05, 0) is 76.9 Å². The molecular weight excluding hydrogens is 292 g/mol. The first-order valence-corrected chi connectivity index (χ1v) is 10.4. The Labute approximate surface area is 153 Å². The van der Waals surface area contributed by atoms with Gasteiger partial charge in [0.05, 0.1) is 0 Å². The van der Waals surface area contributed by atoms with Crippen molar-refractivity contribution >= 4 is 0 Å². The fraction of sp³-hybridized carbons (Fsp3) is 1.00. The predicted octanol–water partition coefficient (Wildman–Crippen LogP) is 5.38. The summed E-state index contributed by atoms with van der Waals surface area (Å²) in [5.74, 6) is 3.11. The second-order valence-corrected chi connectivity index (χ2v) is 9.47. The van der Waals surface area contributed by atoms with Crippen molar-refractivity contribution in [3.05, 3.63) is 0 Å². The van der Waals surface area contributed by atoms with Gasteiger partial charge in [0.25, 0.3) is 0 Å². The Hall–Kier alpha value is -0.0800. The lowest BCUT2D eigenvalue weighted by molar-refractivity contribution is -0.0426. The van der Waals surface area contributed by atoms with Crippen molar-refractivity contribution in [1.82, 2.24) is 9.80 Å². The molecule has 0 N–H and O–H groups in total. The maximum Gasteiger partial charge on any atom is 0.00667 e. The standard InChI is InChI=1S/C22H46N2/c1-11-12-16(2)22(17(3)13-20(6)23(8)9)18(4)14-21(7)24(10)15-19(22)5/h16-21H,11-15H2,1-10H3. The summed E-state index contributed by atoms with van der Waals surface area (Å²) in [5.41, 5.74) is 0.458. The molecule has 0 saturated carbocycles. The van der Waals surface area contributed by atoms with Gasteiger partial charge in [-0.3, -0.25) is 0 Å². The van der Waals surface area contributed by atoms with Gasteiger partial charge >= 0.3 is 0 Å². The van der Waals surface area contributed by atoms with Crippen LogP contribution in [0.2, 0.25) is 0 Å². The first-order chi connectivity index (χ1) is 11.1. The van der Waals surface area contributed by atoms with E-state index in [2.05, 4.69) is 79.4 Å². The quantitative estimate of drug-likeness (QED) is 0.615. The minimum atomic E-state index is 0.458. The van der Waals surface area contributed by atoms with E-state index < -0.39 is 0 Å². The van der Waals surface area contributed by atoms with Crippen LogP contribution in [-0.2, 0) is 0 Å². The van der Waals surface area contributed by atoms with Gasteiger partial charge < -0.3 is 9.80 Å². The molecule has 0 bridgehead atoms. The van der Waals surface area contributed by atoms with Crippen molar-refractivity contribution < 1.29 is 0 Å². The van der Waals surface area contributed by atoms with Crippen molar-refractivity contribution in [1.29, 1.82) is 0 Å². The summed E-state index contributed by atoms with van der Waals surface area (Å²) in [6.45, 7) is 18.7. The highest BCUT2D eigenvalue weighted by molar-refractivity contribution is 5.00. The third kappa shape index (κ3) is 4.36. The molecule has 0 aromatic heterocycles. The lowest BCUT2D eigenvalue weighted by Crippen LogP contribution is -2.49. The molecule has 0 aromatic rings. The topological polar surface area (TPSA) is 6.48 Å². The molecule has 7 unspecified atom stereocenters. The molecule has 0 amide bonds. The van der Waals surface area contributed by atoms with Gasteiger partial charge in [-0.1, -0.05) is 47.5 Å². The molecule has 7 atom stereocenters. The molecule has 0 spiro atoms. The van der Waals surface area contributed by atoms with E-state index in [1.165, 1.54) is 32.2 Å². The lowest BCUT2D eigenvalue weighted by Gasteiger charge is -2.53. The zero-order chi connectivity index (χ0) is 18.7. The Morgan fingerprint density at radius 1 is 1.04 bits per heavy atom. The molecule has 1 aliphatic rings. The predicted molar refractivity (Wildman–Crippen MR) is 108 cm³/mol. The van der Waals surface area contributed by atoms with Crippen LogP contribution in [0.15, 0.2) is 0 Å². The maximum atomic E-state index is 2.61. The second-order valence-electron chi connectivity index (χ2n) is 9.47. The van der Waals surface area contributed by atoms with Gasteiger partial charge in [-0.25, -0.2) is 0 Å². The number of hydrogen-bond acceptors (Lipinski definition) is 2. The number of hydrogen-bond donors (Lipinski definition) is 0. The number of nitrogens with zero attached hydrogens (tertiary/aromatic N) is 2. The third-order valence-electron chi connectivity index (χ3n) is 7.72. The largest absolute Gasteiger partial charge is 0.307 e. The van der Waals surface area contributed by atoms with E-state index in [0.29, 0.717) is 17.5 Å². The normalized spacial score (nSPS) is 36.4. The summed E-state index contributed by atoms with van der Waals surface area (Å²) in [5, 5.41) is 0. The molecule has 1 saturated heterocycles. The van der Waals surface area contributed by atoms with E-state index in [0.717, 1.165) is 23.7 Å². The molecule has 1 rings (SSSR count). The lowest BCUT2D eigenvalue weighted by atomic mass is 9.52. The molecule has 1 aliphatic heterocycles. The first kappa shape index (κ1) is 22.0. The molecule has 0 radical (unpaired) electrons. The van der Waals surface area contributed by atoms with Gasteiger partial charge in [0, 0.05) is 18.6 Å². The SMILES string of the molecule is CCCC(C)C1(C(C)CC(C)N(C)C)C(C)CC(C)N(C)CC1C. The minimum absolute atomic E-state index is 0.458. The van der Waals surface area contributed by atoms with E-state index in [1.54, 1.807) is 0 Å². The Morgan fingerprint density at radius 3 is 2.12 bits per heavy atom. The fourth-order valence-electron chi connectivity index (χ4n) is 6.19. The number of rotatable bonds is 7. The summed E-state index contributed by atoms with van der Waals surface area (Å²) in [6.07, 6.45) is 5.33. The average Bonchev–Trinajstić information content (AvgIpc) is 2.54. The molecule has 1 fully saturated rings. The van der Waals surface area contributed by atoms with E-state index >= 15 is 0 Å². The third-order valence-corrected chi connectivity index (χ3v) is 7.72. The van der Waals surface area contributed by atoms with E-state index in [9.17, 15) is 0 Å². The van der Waals surface area contributed by atoms with E-state index in [-0.39, 0.29) is 0 Å². The minimum Gasteiger partial charge on any atom is -0.307 e. The Bertz CT molecular complexity index is 349. The highest BCUT2D eigenvalue weighted by atomic mass is 15.1. The molecule has 2 heteroatoms. The van der Waals surface area contributed by atoms with Crippen LogP contribution in [0.25, 0.3) is 0 Å². The van der Waals surface area contributed by atoms with Crippen molar-refractivity contribution in [2.24, 2.45) is 29.1 Å². The van der Waals surface area contributed by atoms with E-state index in [4.69, 9.17) is 0 Å². The molecule has 144 valence electrons. The van der Waals surface area contributed by atoms with Crippen LogP contribution in [0, 0.1) is 29.1 Å². The first-order valence-electron chi connectivity index (χ1n) is 10.4. The smallest absolute Gasteiger partial charge is 0.00667 e. The molecule has 24 heavy (non-hydrogen) atoms.